The van der Waals surface area contributed by atoms with Gasteiger partial charge in [-0.1, -0.05) is 4.99 Å². The van der Waals surface area contributed by atoms with Crippen molar-refractivity contribution in [2.45, 2.75) is 0 Å². The summed E-state index contributed by atoms with van der Waals surface area (Å²) in [6.07, 6.45) is 1.28. The van der Waals surface area contributed by atoms with E-state index in [0.717, 1.165) is 0 Å². The summed E-state index contributed by atoms with van der Waals surface area (Å²) in [7, 11) is 0. The summed E-state index contributed by atoms with van der Waals surface area (Å²) in [5.74, 6) is 0.257. The van der Waals surface area contributed by atoms with Crippen LogP contribution in [0.1, 0.15) is 0 Å². The van der Waals surface area contributed by atoms with Crippen LogP contribution < -0.4 is 5.73 Å². The summed E-state index contributed by atoms with van der Waals surface area (Å²) in [5.41, 5.74) is 5.70. The highest BCUT2D eigenvalue weighted by Gasteiger charge is 2.29. The number of nitrogens with two attached hydrogens (primary N) is 1. The van der Waals surface area contributed by atoms with Crippen LogP contribution in [0.5, 0.6) is 0 Å². The largest absolute Gasteiger partial charge is 0.739 e. The lowest BCUT2D eigenvalue weighted by Gasteiger charge is -2.13. The number of hydrogen-bond acceptors (Lipinski definition) is 5. The average Bonchev–Trinajstić information content (AvgIpc) is 2.48. The molecule has 0 aromatic carbocycles. The van der Waals surface area contributed by atoms with E-state index < -0.39 is 0 Å². The van der Waals surface area contributed by atoms with Gasteiger partial charge in [-0.25, -0.2) is 9.73 Å². The number of rotatable bonds is 0. The van der Waals surface area contributed by atoms with Gasteiger partial charge in [0.2, 0.25) is 0 Å². The van der Waals surface area contributed by atoms with E-state index in [4.69, 9.17) is 5.73 Å². The molecule has 2 aliphatic rings. The number of amidine groups is 2. The van der Waals surface area contributed by atoms with E-state index in [-0.39, 0.29) is 10.9 Å². The molecule has 2 N–H and O–H groups in total. The van der Waals surface area contributed by atoms with Crippen LogP contribution in [0.25, 0.3) is 0 Å². The SMILES string of the molecule is NC1=[N+]([O-])C(=S)N=C2N=CN=C21. The maximum Gasteiger partial charge on any atom is 0.333 e. The molecule has 2 aliphatic heterocycles. The molecule has 0 aromatic heterocycles. The third-order valence-corrected chi connectivity index (χ3v) is 1.67. The number of thiocarbonyl (C=S) groups is 1. The van der Waals surface area contributed by atoms with Crippen molar-refractivity contribution in [2.24, 2.45) is 20.7 Å². The fourth-order valence-electron chi connectivity index (χ4n) is 0.858. The molecule has 12 heavy (non-hydrogen) atoms. The van der Waals surface area contributed by atoms with Crippen molar-refractivity contribution in [1.29, 1.82) is 0 Å². The molecule has 60 valence electrons. The zero-order valence-electron chi connectivity index (χ0n) is 5.76. The standard InChI is InChI=1S/C5H3N5OS/c6-3-2-4(8-1-7-2)9-5(12)10(3)11/h1H,6H2. The third kappa shape index (κ3) is 0.766. The maximum absolute atomic E-state index is 11.0. The first-order valence-electron chi connectivity index (χ1n) is 3.03. The Kier molecular flexibility index (Phi) is 1.28. The van der Waals surface area contributed by atoms with Crippen LogP contribution in [0.15, 0.2) is 15.0 Å². The van der Waals surface area contributed by atoms with Gasteiger partial charge >= 0.3 is 5.11 Å². The third-order valence-electron chi connectivity index (χ3n) is 1.42. The van der Waals surface area contributed by atoms with Crippen molar-refractivity contribution in [1.82, 2.24) is 0 Å². The molecule has 2 rings (SSSR count). The number of hydrogen-bond donors (Lipinski definition) is 1. The van der Waals surface area contributed by atoms with Gasteiger partial charge in [-0.15, -0.1) is 0 Å². The van der Waals surface area contributed by atoms with E-state index in [1.54, 1.807) is 0 Å². The first kappa shape index (κ1) is 7.04. The van der Waals surface area contributed by atoms with Crippen molar-refractivity contribution in [3.05, 3.63) is 5.21 Å². The minimum absolute atomic E-state index is 0.0532. The van der Waals surface area contributed by atoms with E-state index in [0.29, 0.717) is 16.3 Å². The van der Waals surface area contributed by atoms with E-state index in [9.17, 15) is 5.21 Å². The van der Waals surface area contributed by atoms with Gasteiger partial charge < -0.3 is 10.9 Å². The molecule has 0 aliphatic carbocycles. The molecule has 7 heteroatoms. The highest BCUT2D eigenvalue weighted by Crippen LogP contribution is 2.02. The summed E-state index contributed by atoms with van der Waals surface area (Å²) >= 11 is 4.63. The van der Waals surface area contributed by atoms with E-state index >= 15 is 0 Å². The molecule has 6 nitrogen and oxygen atoms in total. The van der Waals surface area contributed by atoms with Gasteiger partial charge in [0.1, 0.15) is 6.34 Å². The Hall–Kier alpha value is -1.63. The maximum atomic E-state index is 11.0. The zero-order chi connectivity index (χ0) is 8.72. The number of hydroxylamine groups is 1. The fraction of sp³-hybridized carbons (Fsp3) is 0. The first-order chi connectivity index (χ1) is 5.70. The second-order valence-corrected chi connectivity index (χ2v) is 2.49. The van der Waals surface area contributed by atoms with Crippen LogP contribution in [0, 0.1) is 5.21 Å². The summed E-state index contributed by atoms with van der Waals surface area (Å²) in [6.45, 7) is 0. The number of aliphatic imine (C=N–C) groups is 3. The lowest BCUT2D eigenvalue weighted by molar-refractivity contribution is -0.321. The normalized spacial score (nSPS) is 20.8. The molecule has 0 spiro atoms. The van der Waals surface area contributed by atoms with E-state index in [2.05, 4.69) is 27.2 Å². The van der Waals surface area contributed by atoms with Gasteiger partial charge in [0.25, 0.3) is 11.7 Å². The Morgan fingerprint density at radius 3 is 3.08 bits per heavy atom. The van der Waals surface area contributed by atoms with Crippen LogP contribution in [0.4, 0.5) is 0 Å². The van der Waals surface area contributed by atoms with Crippen LogP contribution in [-0.4, -0.2) is 33.6 Å². The quantitative estimate of drug-likeness (QED) is 0.296. The molecular weight excluding hydrogens is 178 g/mol. The zero-order valence-corrected chi connectivity index (χ0v) is 6.58. The van der Waals surface area contributed by atoms with Crippen molar-refractivity contribution in [3.63, 3.8) is 0 Å². The predicted molar refractivity (Wildman–Crippen MR) is 48.8 cm³/mol. The van der Waals surface area contributed by atoms with Crippen LogP contribution in [0.2, 0.25) is 0 Å². The molecule has 0 unspecified atom stereocenters. The minimum Gasteiger partial charge on any atom is -0.739 e. The second-order valence-electron chi connectivity index (χ2n) is 2.12. The van der Waals surface area contributed by atoms with Crippen LogP contribution in [0.3, 0.4) is 0 Å². The first-order valence-corrected chi connectivity index (χ1v) is 3.44. The van der Waals surface area contributed by atoms with Crippen molar-refractivity contribution >= 4 is 41.1 Å². The fourth-order valence-corrected chi connectivity index (χ4v) is 1.04. The van der Waals surface area contributed by atoms with Crippen molar-refractivity contribution in [3.8, 4) is 0 Å². The van der Waals surface area contributed by atoms with Gasteiger partial charge in [0.15, 0.2) is 5.71 Å². The van der Waals surface area contributed by atoms with Crippen LogP contribution >= 0.6 is 12.2 Å². The highest BCUT2D eigenvalue weighted by atomic mass is 32.1. The Labute approximate surface area is 72.4 Å². The van der Waals surface area contributed by atoms with E-state index in [1.165, 1.54) is 6.34 Å². The predicted octanol–water partition coefficient (Wildman–Crippen LogP) is -0.966. The van der Waals surface area contributed by atoms with E-state index in [1.807, 2.05) is 0 Å². The molecule has 0 fully saturated rings. The Morgan fingerprint density at radius 1 is 1.58 bits per heavy atom. The van der Waals surface area contributed by atoms with Crippen molar-refractivity contribution < 1.29 is 4.74 Å². The Bertz CT molecular complexity index is 388. The van der Waals surface area contributed by atoms with Gasteiger partial charge in [-0.3, -0.25) is 0 Å². The topological polar surface area (TPSA) is 89.2 Å². The molecule has 2 heterocycles. The smallest absolute Gasteiger partial charge is 0.333 e. The molecule has 0 atom stereocenters. The minimum atomic E-state index is -0.138. The monoisotopic (exact) mass is 181 g/mol. The second kappa shape index (κ2) is 2.18. The number of fused-ring (bicyclic) bond motifs is 1. The highest BCUT2D eigenvalue weighted by molar-refractivity contribution is 7.80. The molecule has 0 saturated carbocycles. The molecular formula is C5H3N5OS. The van der Waals surface area contributed by atoms with Crippen LogP contribution in [-0.2, 0) is 0 Å². The molecule has 0 bridgehead atoms. The average molecular weight is 181 g/mol. The summed E-state index contributed by atoms with van der Waals surface area (Å²) in [5, 5.41) is 10.9. The summed E-state index contributed by atoms with van der Waals surface area (Å²) in [6, 6.07) is 0. The molecule has 0 saturated heterocycles. The number of nitrogens with zero attached hydrogens (tertiary/aromatic N) is 4. The molecule has 0 radical (unpaired) electrons. The Morgan fingerprint density at radius 2 is 2.33 bits per heavy atom. The van der Waals surface area contributed by atoms with Gasteiger partial charge in [-0.05, 0) is 12.2 Å². The summed E-state index contributed by atoms with van der Waals surface area (Å²) in [4.78, 5) is 11.2. The molecule has 0 amide bonds. The lowest BCUT2D eigenvalue weighted by Crippen LogP contribution is -2.41. The van der Waals surface area contributed by atoms with Gasteiger partial charge in [-0.2, -0.15) is 4.99 Å². The summed E-state index contributed by atoms with van der Waals surface area (Å²) < 4.78 is 0.354. The van der Waals surface area contributed by atoms with Gasteiger partial charge in [0, 0.05) is 0 Å². The Balaban J connectivity index is 2.59. The van der Waals surface area contributed by atoms with Crippen molar-refractivity contribution in [2.75, 3.05) is 0 Å². The molecule has 0 aromatic rings. The lowest BCUT2D eigenvalue weighted by atomic mass is 10.3. The van der Waals surface area contributed by atoms with Gasteiger partial charge in [0.05, 0.1) is 0 Å².